The highest BCUT2D eigenvalue weighted by Gasteiger charge is 2.14. The minimum Gasteiger partial charge on any atom is -0.445 e. The number of nitrogens with zero attached hydrogens (tertiary/aromatic N) is 3. The van der Waals surface area contributed by atoms with Gasteiger partial charge < -0.3 is 14.6 Å². The van der Waals surface area contributed by atoms with Crippen molar-refractivity contribution in [3.63, 3.8) is 0 Å². The van der Waals surface area contributed by atoms with Crippen LogP contribution in [0.4, 0.5) is 9.18 Å². The maximum atomic E-state index is 14.1. The maximum Gasteiger partial charge on any atom is 0.407 e. The van der Waals surface area contributed by atoms with Gasteiger partial charge in [0.25, 0.3) is 0 Å². The second kappa shape index (κ2) is 7.66. The summed E-state index contributed by atoms with van der Waals surface area (Å²) in [4.78, 5) is 15.7. The topological polar surface area (TPSA) is 79.9 Å². The van der Waals surface area contributed by atoms with Crippen molar-refractivity contribution in [2.45, 2.75) is 32.9 Å². The van der Waals surface area contributed by atoms with Crippen LogP contribution in [0.15, 0.2) is 34.8 Å². The number of ether oxygens (including phenoxy) is 1. The lowest BCUT2D eigenvalue weighted by Crippen LogP contribution is -2.40. The van der Waals surface area contributed by atoms with E-state index in [9.17, 15) is 9.18 Å². The molecular weight excluding hydrogens is 391 g/mol. The predicted molar refractivity (Wildman–Crippen MR) is 95.6 cm³/mol. The molecule has 0 atom stereocenters. The van der Waals surface area contributed by atoms with E-state index in [-0.39, 0.29) is 13.2 Å². The van der Waals surface area contributed by atoms with Crippen LogP contribution in [0.5, 0.6) is 0 Å². The number of alkyl carbamates (subject to hydrolysis) is 1. The smallest absolute Gasteiger partial charge is 0.407 e. The molecule has 0 fully saturated rings. The molecule has 1 N–H and O–H groups in total. The minimum absolute atomic E-state index is 0.0674. The number of allylic oxidation sites excluding steroid dienone is 1. The number of fused-ring (bicyclic) bond motifs is 1. The van der Waals surface area contributed by atoms with Gasteiger partial charge in [-0.25, -0.2) is 14.2 Å². The highest BCUT2D eigenvalue weighted by atomic mass is 79.9. The van der Waals surface area contributed by atoms with Crippen LogP contribution in [-0.2, 0) is 11.3 Å². The van der Waals surface area contributed by atoms with Gasteiger partial charge in [0.05, 0.1) is 30.0 Å². The maximum absolute atomic E-state index is 14.1. The Hall–Kier alpha value is -2.40. The lowest BCUT2D eigenvalue weighted by atomic mass is 10.1. The summed E-state index contributed by atoms with van der Waals surface area (Å²) >= 11 is 3.35. The molecule has 2 aromatic rings. The van der Waals surface area contributed by atoms with Crippen molar-refractivity contribution in [2.24, 2.45) is 0 Å². The second-order valence-corrected chi connectivity index (χ2v) is 7.29. The zero-order valence-corrected chi connectivity index (χ0v) is 15.7. The van der Waals surface area contributed by atoms with E-state index < -0.39 is 17.5 Å². The van der Waals surface area contributed by atoms with Gasteiger partial charge in [-0.3, -0.25) is 0 Å². The van der Waals surface area contributed by atoms with Gasteiger partial charge in [-0.2, -0.15) is 5.26 Å². The van der Waals surface area contributed by atoms with E-state index in [1.807, 2.05) is 20.8 Å². The molecule has 8 heteroatoms. The minimum atomic E-state index is -0.604. The Morgan fingerprint density at radius 2 is 2.24 bits per heavy atom. The van der Waals surface area contributed by atoms with Crippen LogP contribution in [0.1, 0.15) is 26.3 Å². The van der Waals surface area contributed by atoms with Crippen molar-refractivity contribution in [1.29, 1.82) is 5.26 Å². The molecule has 0 bridgehead atoms. The molecule has 1 aromatic carbocycles. The molecule has 0 saturated carbocycles. The molecule has 25 heavy (non-hydrogen) atoms. The van der Waals surface area contributed by atoms with Gasteiger partial charge in [0.1, 0.15) is 18.0 Å². The molecule has 2 rings (SSSR count). The standard InChI is InChI=1S/C17H18BrFN4O2/c1-17(2,3)22-16(24)25-5-4-12(19)9-23-10-21-15-13(18)6-11(8-20)7-14(15)23/h4,6-7,10H,5,9H2,1-3H3,(H,22,24)/b12-4-. The first-order valence-corrected chi connectivity index (χ1v) is 8.33. The predicted octanol–water partition coefficient (Wildman–Crippen LogP) is 4.05. The average Bonchev–Trinajstić information content (AvgIpc) is 2.88. The molecule has 0 aliphatic rings. The Morgan fingerprint density at radius 3 is 2.88 bits per heavy atom. The first-order chi connectivity index (χ1) is 11.7. The van der Waals surface area contributed by atoms with Crippen LogP contribution in [0.2, 0.25) is 0 Å². The number of carbonyl (C=O) groups excluding carboxylic acids is 1. The summed E-state index contributed by atoms with van der Waals surface area (Å²) in [5.41, 5.74) is 1.32. The third-order valence-electron chi connectivity index (χ3n) is 3.13. The molecule has 1 aromatic heterocycles. The summed E-state index contributed by atoms with van der Waals surface area (Å²) in [5, 5.41) is 11.7. The SMILES string of the molecule is CC(C)(C)NC(=O)OC/C=C(\F)Cn1cnc2c(Br)cc(C#N)cc21. The van der Waals surface area contributed by atoms with Crippen LogP contribution in [0, 0.1) is 11.3 Å². The van der Waals surface area contributed by atoms with E-state index in [4.69, 9.17) is 10.00 Å². The van der Waals surface area contributed by atoms with Crippen LogP contribution in [0.3, 0.4) is 0 Å². The van der Waals surface area contributed by atoms with Gasteiger partial charge in [-0.05, 0) is 54.9 Å². The van der Waals surface area contributed by atoms with Gasteiger partial charge in [-0.15, -0.1) is 0 Å². The Morgan fingerprint density at radius 1 is 1.52 bits per heavy atom. The average molecular weight is 409 g/mol. The normalized spacial score (nSPS) is 12.1. The Kier molecular flexibility index (Phi) is 5.80. The molecule has 0 unspecified atom stereocenters. The Labute approximate surface area is 153 Å². The molecular formula is C17H18BrFN4O2. The van der Waals surface area contributed by atoms with E-state index in [0.717, 1.165) is 0 Å². The fourth-order valence-corrected chi connectivity index (χ4v) is 2.64. The van der Waals surface area contributed by atoms with Crippen LogP contribution >= 0.6 is 15.9 Å². The Balaban J connectivity index is 2.04. The van der Waals surface area contributed by atoms with E-state index in [1.165, 1.54) is 12.4 Å². The first-order valence-electron chi connectivity index (χ1n) is 7.53. The zero-order chi connectivity index (χ0) is 18.6. The van der Waals surface area contributed by atoms with Gasteiger partial charge in [0.2, 0.25) is 0 Å². The van der Waals surface area contributed by atoms with Crippen molar-refractivity contribution in [3.8, 4) is 6.07 Å². The van der Waals surface area contributed by atoms with Gasteiger partial charge in [-0.1, -0.05) is 0 Å². The van der Waals surface area contributed by atoms with Crippen molar-refractivity contribution >= 4 is 33.1 Å². The molecule has 0 radical (unpaired) electrons. The fraction of sp³-hybridized carbons (Fsp3) is 0.353. The summed E-state index contributed by atoms with van der Waals surface area (Å²) in [6, 6.07) is 5.36. The number of nitrogens with one attached hydrogen (secondary N) is 1. The number of hydrogen-bond acceptors (Lipinski definition) is 4. The van der Waals surface area contributed by atoms with Crippen LogP contribution < -0.4 is 5.32 Å². The van der Waals surface area contributed by atoms with Crippen LogP contribution in [-0.4, -0.2) is 27.8 Å². The number of halogens is 2. The Bertz CT molecular complexity index is 862. The van der Waals surface area contributed by atoms with E-state index in [2.05, 4.69) is 32.3 Å². The lowest BCUT2D eigenvalue weighted by Gasteiger charge is -2.19. The summed E-state index contributed by atoms with van der Waals surface area (Å²) in [7, 11) is 0. The molecule has 0 saturated heterocycles. The largest absolute Gasteiger partial charge is 0.445 e. The van der Waals surface area contributed by atoms with Crippen LogP contribution in [0.25, 0.3) is 11.0 Å². The van der Waals surface area contributed by atoms with Crippen molar-refractivity contribution < 1.29 is 13.9 Å². The molecule has 0 aliphatic carbocycles. The van der Waals surface area contributed by atoms with Gasteiger partial charge in [0, 0.05) is 10.0 Å². The number of carbonyl (C=O) groups is 1. The number of hydrogen-bond donors (Lipinski definition) is 1. The highest BCUT2D eigenvalue weighted by Crippen LogP contribution is 2.25. The molecule has 6 nitrogen and oxygen atoms in total. The molecule has 132 valence electrons. The van der Waals surface area contributed by atoms with Gasteiger partial charge >= 0.3 is 6.09 Å². The van der Waals surface area contributed by atoms with Crippen molar-refractivity contribution in [1.82, 2.24) is 14.9 Å². The zero-order valence-electron chi connectivity index (χ0n) is 14.1. The molecule has 1 heterocycles. The summed E-state index contributed by atoms with van der Waals surface area (Å²) < 4.78 is 21.3. The number of rotatable bonds is 4. The van der Waals surface area contributed by atoms with E-state index >= 15 is 0 Å². The summed E-state index contributed by atoms with van der Waals surface area (Å²) in [5.74, 6) is -0.471. The van der Waals surface area contributed by atoms with Crippen molar-refractivity contribution in [3.05, 3.63) is 40.4 Å². The quantitative estimate of drug-likeness (QED) is 0.827. The monoisotopic (exact) mass is 408 g/mol. The highest BCUT2D eigenvalue weighted by molar-refractivity contribution is 9.10. The van der Waals surface area contributed by atoms with E-state index in [0.29, 0.717) is 21.1 Å². The fourth-order valence-electron chi connectivity index (χ4n) is 2.09. The van der Waals surface area contributed by atoms with E-state index in [1.54, 1.807) is 16.7 Å². The lowest BCUT2D eigenvalue weighted by molar-refractivity contribution is 0.148. The van der Waals surface area contributed by atoms with Crippen molar-refractivity contribution in [2.75, 3.05) is 6.61 Å². The molecule has 1 amide bonds. The number of benzene rings is 1. The first kappa shape index (κ1) is 18.9. The summed E-state index contributed by atoms with van der Waals surface area (Å²) in [6.45, 7) is 5.23. The van der Waals surface area contributed by atoms with Gasteiger partial charge in [0.15, 0.2) is 0 Å². The third kappa shape index (κ3) is 5.29. The number of amides is 1. The second-order valence-electron chi connectivity index (χ2n) is 6.43. The molecule has 0 aliphatic heterocycles. The number of nitriles is 1. The number of aromatic nitrogens is 2. The number of imidazole rings is 1. The third-order valence-corrected chi connectivity index (χ3v) is 3.73. The summed E-state index contributed by atoms with van der Waals surface area (Å²) in [6.07, 6.45) is 2.08. The molecule has 0 spiro atoms.